The topological polar surface area (TPSA) is 32.3 Å². The van der Waals surface area contributed by atoms with E-state index in [-0.39, 0.29) is 6.61 Å². The van der Waals surface area contributed by atoms with Gasteiger partial charge in [-0.2, -0.15) is 0 Å². The molecule has 17 heavy (non-hydrogen) atoms. The van der Waals surface area contributed by atoms with Gasteiger partial charge in [0.1, 0.15) is 0 Å². The van der Waals surface area contributed by atoms with Crippen molar-refractivity contribution in [3.8, 4) is 0 Å². The van der Waals surface area contributed by atoms with E-state index in [1.807, 2.05) is 11.8 Å². The molecule has 0 aromatic heterocycles. The third kappa shape index (κ3) is 2.78. The van der Waals surface area contributed by atoms with Crippen molar-refractivity contribution in [1.29, 1.82) is 0 Å². The van der Waals surface area contributed by atoms with E-state index in [0.717, 1.165) is 6.42 Å². The average Bonchev–Trinajstić information content (AvgIpc) is 2.29. The van der Waals surface area contributed by atoms with E-state index < -0.39 is 0 Å². The minimum absolute atomic E-state index is 0.267. The highest BCUT2D eigenvalue weighted by Crippen LogP contribution is 2.40. The molecule has 0 amide bonds. The van der Waals surface area contributed by atoms with Crippen LogP contribution in [0.15, 0.2) is 23.1 Å². The lowest BCUT2D eigenvalue weighted by Crippen LogP contribution is -2.32. The van der Waals surface area contributed by atoms with Crippen LogP contribution in [0.5, 0.6) is 0 Å². The Balaban J connectivity index is 2.24. The van der Waals surface area contributed by atoms with Gasteiger partial charge in [0.05, 0.1) is 0 Å². The summed E-state index contributed by atoms with van der Waals surface area (Å²) in [4.78, 5) is 1.33. The number of thioether (sulfide) groups is 1. The number of benzene rings is 1. The molecule has 3 heteroatoms. The molecule has 0 saturated heterocycles. The fourth-order valence-corrected chi connectivity index (χ4v) is 3.43. The van der Waals surface area contributed by atoms with Gasteiger partial charge in [0.25, 0.3) is 0 Å². The smallest absolute Gasteiger partial charge is 0.0481 e. The van der Waals surface area contributed by atoms with E-state index >= 15 is 0 Å². The van der Waals surface area contributed by atoms with Gasteiger partial charge in [0.15, 0.2) is 0 Å². The highest BCUT2D eigenvalue weighted by atomic mass is 32.2. The van der Waals surface area contributed by atoms with E-state index in [0.29, 0.717) is 17.2 Å². The van der Waals surface area contributed by atoms with E-state index in [1.165, 1.54) is 16.1 Å². The van der Waals surface area contributed by atoms with Crippen molar-refractivity contribution < 1.29 is 5.11 Å². The number of fused-ring (bicyclic) bond motifs is 1. The molecular formula is C14H21NOS. The molecule has 2 atom stereocenters. The van der Waals surface area contributed by atoms with Crippen LogP contribution >= 0.6 is 11.8 Å². The SMILES string of the molecule is CC(C)c1ccc2c(c1)SC(CCO)C(C)N2. The van der Waals surface area contributed by atoms with Gasteiger partial charge in [-0.05, 0) is 37.0 Å². The van der Waals surface area contributed by atoms with Gasteiger partial charge in [0, 0.05) is 28.5 Å². The first-order chi connectivity index (χ1) is 8.11. The van der Waals surface area contributed by atoms with Crippen LogP contribution < -0.4 is 5.32 Å². The van der Waals surface area contributed by atoms with Gasteiger partial charge < -0.3 is 10.4 Å². The third-order valence-electron chi connectivity index (χ3n) is 3.31. The normalized spacial score (nSPS) is 23.4. The second-order valence-corrected chi connectivity index (χ2v) is 6.29. The summed E-state index contributed by atoms with van der Waals surface area (Å²) in [7, 11) is 0. The minimum Gasteiger partial charge on any atom is -0.396 e. The highest BCUT2D eigenvalue weighted by molar-refractivity contribution is 8.00. The maximum atomic E-state index is 9.09. The van der Waals surface area contributed by atoms with Gasteiger partial charge >= 0.3 is 0 Å². The van der Waals surface area contributed by atoms with Gasteiger partial charge in [-0.15, -0.1) is 11.8 Å². The Hall–Kier alpha value is -0.670. The van der Waals surface area contributed by atoms with Crippen molar-refractivity contribution in [2.45, 2.75) is 49.3 Å². The Kier molecular flexibility index (Phi) is 4.00. The van der Waals surface area contributed by atoms with Crippen LogP contribution in [0.25, 0.3) is 0 Å². The zero-order chi connectivity index (χ0) is 12.4. The summed E-state index contributed by atoms with van der Waals surface area (Å²) in [6.07, 6.45) is 0.851. The Morgan fingerprint density at radius 2 is 2.18 bits per heavy atom. The fourth-order valence-electron chi connectivity index (χ4n) is 2.15. The van der Waals surface area contributed by atoms with Crippen molar-refractivity contribution in [2.75, 3.05) is 11.9 Å². The van der Waals surface area contributed by atoms with E-state index in [2.05, 4.69) is 44.3 Å². The zero-order valence-corrected chi connectivity index (χ0v) is 11.6. The van der Waals surface area contributed by atoms with Crippen LogP contribution in [-0.4, -0.2) is 23.0 Å². The number of anilines is 1. The van der Waals surface area contributed by atoms with E-state index in [9.17, 15) is 0 Å². The second-order valence-electron chi connectivity index (χ2n) is 5.01. The van der Waals surface area contributed by atoms with Crippen molar-refractivity contribution in [1.82, 2.24) is 0 Å². The molecule has 0 aliphatic carbocycles. The van der Waals surface area contributed by atoms with Crippen LogP contribution in [0.4, 0.5) is 5.69 Å². The summed E-state index contributed by atoms with van der Waals surface area (Å²) in [6, 6.07) is 7.09. The lowest BCUT2D eigenvalue weighted by atomic mass is 10.0. The summed E-state index contributed by atoms with van der Waals surface area (Å²) in [6.45, 7) is 6.89. The Morgan fingerprint density at radius 1 is 1.41 bits per heavy atom. The summed E-state index contributed by atoms with van der Waals surface area (Å²) in [5.41, 5.74) is 2.62. The molecule has 1 aromatic rings. The molecule has 0 saturated carbocycles. The van der Waals surface area contributed by atoms with Crippen molar-refractivity contribution in [2.24, 2.45) is 0 Å². The number of rotatable bonds is 3. The number of nitrogens with one attached hydrogen (secondary N) is 1. The van der Waals surface area contributed by atoms with Crippen molar-refractivity contribution in [3.63, 3.8) is 0 Å². The quantitative estimate of drug-likeness (QED) is 0.863. The van der Waals surface area contributed by atoms with Crippen LogP contribution in [0.2, 0.25) is 0 Å². The average molecular weight is 251 g/mol. The molecule has 0 fully saturated rings. The van der Waals surface area contributed by atoms with E-state index in [4.69, 9.17) is 5.11 Å². The van der Waals surface area contributed by atoms with Gasteiger partial charge in [-0.25, -0.2) is 0 Å². The molecule has 0 radical (unpaired) electrons. The molecule has 0 spiro atoms. The maximum Gasteiger partial charge on any atom is 0.0481 e. The molecule has 2 rings (SSSR count). The largest absolute Gasteiger partial charge is 0.396 e. The van der Waals surface area contributed by atoms with Crippen molar-refractivity contribution >= 4 is 17.4 Å². The first kappa shape index (κ1) is 12.8. The summed E-state index contributed by atoms with van der Waals surface area (Å²) < 4.78 is 0. The first-order valence-electron chi connectivity index (χ1n) is 6.30. The lowest BCUT2D eigenvalue weighted by Gasteiger charge is -2.32. The number of hydrogen-bond donors (Lipinski definition) is 2. The summed E-state index contributed by atoms with van der Waals surface area (Å²) in [5.74, 6) is 0.566. The number of hydrogen-bond acceptors (Lipinski definition) is 3. The molecule has 2 nitrogen and oxygen atoms in total. The molecule has 0 bridgehead atoms. The van der Waals surface area contributed by atoms with Crippen LogP contribution in [0.3, 0.4) is 0 Å². The second kappa shape index (κ2) is 5.32. The molecule has 1 aromatic carbocycles. The fraction of sp³-hybridized carbons (Fsp3) is 0.571. The molecule has 1 aliphatic rings. The Morgan fingerprint density at radius 3 is 2.82 bits per heavy atom. The monoisotopic (exact) mass is 251 g/mol. The predicted octanol–water partition coefficient (Wildman–Crippen LogP) is 3.47. The summed E-state index contributed by atoms with van der Waals surface area (Å²) >= 11 is 1.90. The first-order valence-corrected chi connectivity index (χ1v) is 7.17. The summed E-state index contributed by atoms with van der Waals surface area (Å²) in [5, 5.41) is 13.1. The van der Waals surface area contributed by atoms with Gasteiger partial charge in [-0.3, -0.25) is 0 Å². The molecule has 2 unspecified atom stereocenters. The number of aliphatic hydroxyl groups excluding tert-OH is 1. The molecular weight excluding hydrogens is 230 g/mol. The van der Waals surface area contributed by atoms with Gasteiger partial charge in [-0.1, -0.05) is 19.9 Å². The standard InChI is InChI=1S/C14H21NOS/c1-9(2)11-4-5-12-14(8-11)17-13(6-7-16)10(3)15-12/h4-5,8-10,13,15-16H,6-7H2,1-3H3. The predicted molar refractivity (Wildman–Crippen MR) is 75.0 cm³/mol. The zero-order valence-electron chi connectivity index (χ0n) is 10.7. The molecule has 1 heterocycles. The maximum absolute atomic E-state index is 9.09. The lowest BCUT2D eigenvalue weighted by molar-refractivity contribution is 0.284. The Labute approximate surface area is 108 Å². The Bertz CT molecular complexity index is 392. The third-order valence-corrected chi connectivity index (χ3v) is 4.84. The molecule has 94 valence electrons. The van der Waals surface area contributed by atoms with Crippen molar-refractivity contribution in [3.05, 3.63) is 23.8 Å². The molecule has 1 aliphatic heterocycles. The molecule has 2 N–H and O–H groups in total. The van der Waals surface area contributed by atoms with Gasteiger partial charge in [0.2, 0.25) is 0 Å². The van der Waals surface area contributed by atoms with Crippen LogP contribution in [0.1, 0.15) is 38.7 Å². The van der Waals surface area contributed by atoms with E-state index in [1.54, 1.807) is 0 Å². The number of aliphatic hydroxyl groups is 1. The van der Waals surface area contributed by atoms with Crippen LogP contribution in [-0.2, 0) is 0 Å². The minimum atomic E-state index is 0.267. The van der Waals surface area contributed by atoms with Crippen LogP contribution in [0, 0.1) is 0 Å². The highest BCUT2D eigenvalue weighted by Gasteiger charge is 2.25.